The zero-order valence-corrected chi connectivity index (χ0v) is 11.0. The second-order valence-corrected chi connectivity index (χ2v) is 4.57. The molecule has 1 aromatic rings. The Hall–Kier alpha value is -1.55. The third-order valence-electron chi connectivity index (χ3n) is 2.37. The quantitative estimate of drug-likeness (QED) is 0.594. The Balaban J connectivity index is 2.16. The van der Waals surface area contributed by atoms with Gasteiger partial charge in [-0.25, -0.2) is 0 Å². The summed E-state index contributed by atoms with van der Waals surface area (Å²) >= 11 is 0. The van der Waals surface area contributed by atoms with Crippen LogP contribution in [0.4, 0.5) is 0 Å². The predicted molar refractivity (Wildman–Crippen MR) is 70.3 cm³/mol. The molecule has 0 bridgehead atoms. The molecule has 18 heavy (non-hydrogen) atoms. The number of para-hydroxylation sites is 1. The van der Waals surface area contributed by atoms with Crippen LogP contribution in [0.5, 0.6) is 5.75 Å². The maximum Gasteiger partial charge on any atom is 0.323 e. The van der Waals surface area contributed by atoms with Crippen molar-refractivity contribution >= 4 is 5.97 Å². The number of carbonyl (C=O) groups excluding carboxylic acids is 1. The van der Waals surface area contributed by atoms with Crippen molar-refractivity contribution in [2.24, 2.45) is 11.7 Å². The molecular weight excluding hydrogens is 230 g/mol. The number of ether oxygens (including phenoxy) is 2. The second kappa shape index (κ2) is 7.71. The highest BCUT2D eigenvalue weighted by Gasteiger charge is 2.16. The van der Waals surface area contributed by atoms with Gasteiger partial charge in [0, 0.05) is 0 Å². The summed E-state index contributed by atoms with van der Waals surface area (Å²) in [6.07, 6.45) is 0.637. The van der Waals surface area contributed by atoms with Gasteiger partial charge >= 0.3 is 5.97 Å². The minimum Gasteiger partial charge on any atom is -0.490 e. The Morgan fingerprint density at radius 2 is 1.89 bits per heavy atom. The lowest BCUT2D eigenvalue weighted by Gasteiger charge is -2.13. The van der Waals surface area contributed by atoms with E-state index in [1.54, 1.807) is 0 Å². The average molecular weight is 251 g/mol. The van der Waals surface area contributed by atoms with Crippen LogP contribution in [0.25, 0.3) is 0 Å². The van der Waals surface area contributed by atoms with E-state index in [4.69, 9.17) is 15.2 Å². The van der Waals surface area contributed by atoms with Crippen LogP contribution in [0.15, 0.2) is 30.3 Å². The highest BCUT2D eigenvalue weighted by atomic mass is 16.6. The predicted octanol–water partition coefficient (Wildman–Crippen LogP) is 1.98. The van der Waals surface area contributed by atoms with E-state index in [0.717, 1.165) is 5.75 Å². The van der Waals surface area contributed by atoms with E-state index in [2.05, 4.69) is 0 Å². The van der Waals surface area contributed by atoms with Gasteiger partial charge < -0.3 is 15.2 Å². The fourth-order valence-corrected chi connectivity index (χ4v) is 1.53. The SMILES string of the molecule is CC(C)C[C@@H](N)C(=O)OCCOc1ccccc1. The van der Waals surface area contributed by atoms with E-state index in [-0.39, 0.29) is 12.6 Å². The topological polar surface area (TPSA) is 61.6 Å². The molecule has 100 valence electrons. The van der Waals surface area contributed by atoms with Crippen LogP contribution in [0, 0.1) is 5.92 Å². The number of hydrogen-bond acceptors (Lipinski definition) is 4. The number of benzene rings is 1. The largest absolute Gasteiger partial charge is 0.490 e. The van der Waals surface area contributed by atoms with Crippen molar-refractivity contribution in [1.82, 2.24) is 0 Å². The summed E-state index contributed by atoms with van der Waals surface area (Å²) in [6.45, 7) is 4.60. The zero-order valence-electron chi connectivity index (χ0n) is 11.0. The highest BCUT2D eigenvalue weighted by molar-refractivity contribution is 5.75. The minimum absolute atomic E-state index is 0.222. The van der Waals surface area contributed by atoms with Crippen molar-refractivity contribution in [2.45, 2.75) is 26.3 Å². The Bertz CT molecular complexity index is 351. The molecule has 0 aliphatic rings. The van der Waals surface area contributed by atoms with E-state index < -0.39 is 6.04 Å². The molecule has 0 radical (unpaired) electrons. The van der Waals surface area contributed by atoms with Gasteiger partial charge in [0.2, 0.25) is 0 Å². The molecule has 4 heteroatoms. The van der Waals surface area contributed by atoms with E-state index in [0.29, 0.717) is 18.9 Å². The molecule has 0 heterocycles. The van der Waals surface area contributed by atoms with Crippen molar-refractivity contribution in [1.29, 1.82) is 0 Å². The molecule has 0 aliphatic carbocycles. The molecule has 0 fully saturated rings. The number of rotatable bonds is 7. The summed E-state index contributed by atoms with van der Waals surface area (Å²) in [4.78, 5) is 11.5. The van der Waals surface area contributed by atoms with Crippen molar-refractivity contribution < 1.29 is 14.3 Å². The summed E-state index contributed by atoms with van der Waals surface area (Å²) in [5.74, 6) is 0.786. The number of hydrogen-bond donors (Lipinski definition) is 1. The summed E-state index contributed by atoms with van der Waals surface area (Å²) in [6, 6.07) is 8.86. The molecule has 0 amide bonds. The lowest BCUT2D eigenvalue weighted by atomic mass is 10.1. The summed E-state index contributed by atoms with van der Waals surface area (Å²) < 4.78 is 10.4. The number of nitrogens with two attached hydrogens (primary N) is 1. The van der Waals surface area contributed by atoms with Crippen LogP contribution in [-0.4, -0.2) is 25.2 Å². The lowest BCUT2D eigenvalue weighted by Crippen LogP contribution is -2.34. The minimum atomic E-state index is -0.540. The van der Waals surface area contributed by atoms with Gasteiger partial charge in [0.05, 0.1) is 0 Å². The fourth-order valence-electron chi connectivity index (χ4n) is 1.53. The first-order chi connectivity index (χ1) is 8.59. The molecule has 1 aromatic carbocycles. The number of esters is 1. The van der Waals surface area contributed by atoms with Crippen LogP contribution in [0.1, 0.15) is 20.3 Å². The van der Waals surface area contributed by atoms with Gasteiger partial charge in [-0.2, -0.15) is 0 Å². The van der Waals surface area contributed by atoms with Crippen molar-refractivity contribution in [2.75, 3.05) is 13.2 Å². The van der Waals surface area contributed by atoms with Gasteiger partial charge in [-0.1, -0.05) is 32.0 Å². The molecule has 0 spiro atoms. The molecule has 0 saturated heterocycles. The monoisotopic (exact) mass is 251 g/mol. The highest BCUT2D eigenvalue weighted by Crippen LogP contribution is 2.08. The fraction of sp³-hybridized carbons (Fsp3) is 0.500. The van der Waals surface area contributed by atoms with Crippen LogP contribution in [0.3, 0.4) is 0 Å². The average Bonchev–Trinajstić information content (AvgIpc) is 2.34. The lowest BCUT2D eigenvalue weighted by molar-refractivity contribution is -0.146. The third kappa shape index (κ3) is 5.68. The maximum atomic E-state index is 11.5. The molecule has 4 nitrogen and oxygen atoms in total. The maximum absolute atomic E-state index is 11.5. The smallest absolute Gasteiger partial charge is 0.323 e. The zero-order chi connectivity index (χ0) is 13.4. The van der Waals surface area contributed by atoms with Crippen LogP contribution in [0.2, 0.25) is 0 Å². The normalized spacial score (nSPS) is 12.2. The first-order valence-corrected chi connectivity index (χ1v) is 6.19. The van der Waals surface area contributed by atoms with E-state index in [1.165, 1.54) is 0 Å². The molecule has 0 aromatic heterocycles. The molecule has 1 rings (SSSR count). The van der Waals surface area contributed by atoms with E-state index in [1.807, 2.05) is 44.2 Å². The first-order valence-electron chi connectivity index (χ1n) is 6.19. The van der Waals surface area contributed by atoms with Crippen LogP contribution >= 0.6 is 0 Å². The molecule has 2 N–H and O–H groups in total. The van der Waals surface area contributed by atoms with Gasteiger partial charge in [-0.3, -0.25) is 4.79 Å². The molecule has 0 unspecified atom stereocenters. The Kier molecular flexibility index (Phi) is 6.22. The van der Waals surface area contributed by atoms with Crippen LogP contribution in [-0.2, 0) is 9.53 Å². The molecular formula is C14H21NO3. The Morgan fingerprint density at radius 1 is 1.22 bits per heavy atom. The molecule has 0 saturated carbocycles. The van der Waals surface area contributed by atoms with Gasteiger partial charge in [-0.05, 0) is 24.5 Å². The van der Waals surface area contributed by atoms with Gasteiger partial charge in [0.15, 0.2) is 0 Å². The van der Waals surface area contributed by atoms with Gasteiger partial charge in [0.25, 0.3) is 0 Å². The van der Waals surface area contributed by atoms with Crippen LogP contribution < -0.4 is 10.5 Å². The summed E-state index contributed by atoms with van der Waals surface area (Å²) in [5, 5.41) is 0. The van der Waals surface area contributed by atoms with E-state index >= 15 is 0 Å². The summed E-state index contributed by atoms with van der Waals surface area (Å²) in [7, 11) is 0. The summed E-state index contributed by atoms with van der Waals surface area (Å²) in [5.41, 5.74) is 5.70. The van der Waals surface area contributed by atoms with E-state index in [9.17, 15) is 4.79 Å². The number of carbonyl (C=O) groups is 1. The van der Waals surface area contributed by atoms with Crippen molar-refractivity contribution in [3.8, 4) is 5.75 Å². The van der Waals surface area contributed by atoms with Gasteiger partial charge in [-0.15, -0.1) is 0 Å². The Labute approximate surface area is 108 Å². The first kappa shape index (κ1) is 14.5. The standard InChI is InChI=1S/C14H21NO3/c1-11(2)10-13(15)14(16)18-9-8-17-12-6-4-3-5-7-12/h3-7,11,13H,8-10,15H2,1-2H3/t13-/m1/s1. The van der Waals surface area contributed by atoms with Gasteiger partial charge in [0.1, 0.15) is 25.0 Å². The van der Waals surface area contributed by atoms with Crippen molar-refractivity contribution in [3.05, 3.63) is 30.3 Å². The molecule has 1 atom stereocenters. The molecule has 0 aliphatic heterocycles. The second-order valence-electron chi connectivity index (χ2n) is 4.57. The van der Waals surface area contributed by atoms with Crippen molar-refractivity contribution in [3.63, 3.8) is 0 Å². The third-order valence-corrected chi connectivity index (χ3v) is 2.37. The Morgan fingerprint density at radius 3 is 2.50 bits per heavy atom.